The number of nitrogens with zero attached hydrogens (tertiary/aromatic N) is 2. The van der Waals surface area contributed by atoms with E-state index in [0.29, 0.717) is 16.5 Å². The number of halogens is 3. The predicted molar refractivity (Wildman–Crippen MR) is 184 cm³/mol. The van der Waals surface area contributed by atoms with Crippen LogP contribution in [-0.2, 0) is 32.6 Å². The maximum atomic E-state index is 14.5. The molecule has 0 bridgehead atoms. The first-order valence-corrected chi connectivity index (χ1v) is 17.4. The summed E-state index contributed by atoms with van der Waals surface area (Å²) in [5, 5.41) is 3.71. The number of carbonyl (C=O) groups excluding carboxylic acids is 2. The Bertz CT molecular complexity index is 1720. The molecule has 0 spiro atoms. The van der Waals surface area contributed by atoms with Crippen LogP contribution in [0.3, 0.4) is 0 Å². The van der Waals surface area contributed by atoms with Gasteiger partial charge in [0.25, 0.3) is 10.0 Å². The normalized spacial score (nSPS) is 12.6. The summed E-state index contributed by atoms with van der Waals surface area (Å²) in [4.78, 5) is 29.8. The van der Waals surface area contributed by atoms with E-state index in [-0.39, 0.29) is 35.5 Å². The number of sulfonamides is 1. The van der Waals surface area contributed by atoms with Gasteiger partial charge in [-0.3, -0.25) is 13.9 Å². The van der Waals surface area contributed by atoms with Gasteiger partial charge in [0.05, 0.1) is 10.6 Å². The van der Waals surface area contributed by atoms with Crippen LogP contribution in [0, 0.1) is 0 Å². The van der Waals surface area contributed by atoms with Gasteiger partial charge in [0.1, 0.15) is 12.6 Å². The molecule has 2 amide bonds. The van der Waals surface area contributed by atoms with Crippen LogP contribution in [0.1, 0.15) is 31.4 Å². The van der Waals surface area contributed by atoms with Gasteiger partial charge in [-0.1, -0.05) is 94.6 Å². The number of rotatable bonds is 13. The smallest absolute Gasteiger partial charge is 0.264 e. The molecule has 0 saturated heterocycles. The lowest BCUT2D eigenvalue weighted by molar-refractivity contribution is -0.140. The molecule has 0 unspecified atom stereocenters. The third kappa shape index (κ3) is 9.33. The fourth-order valence-corrected chi connectivity index (χ4v) is 6.88. The van der Waals surface area contributed by atoms with Crippen LogP contribution >= 0.6 is 39.1 Å². The molecule has 4 aromatic rings. The largest absolute Gasteiger partial charge is 0.352 e. The Hall–Kier alpha value is -3.37. The second kappa shape index (κ2) is 15.8. The molecule has 0 heterocycles. The summed E-state index contributed by atoms with van der Waals surface area (Å²) in [6.45, 7) is 3.35. The molecule has 0 aliphatic carbocycles. The van der Waals surface area contributed by atoms with E-state index in [4.69, 9.17) is 23.2 Å². The molecule has 45 heavy (non-hydrogen) atoms. The number of benzene rings is 4. The number of nitrogens with one attached hydrogen (secondary N) is 1. The molecule has 0 aromatic heterocycles. The quantitative estimate of drug-likeness (QED) is 0.154. The lowest BCUT2D eigenvalue weighted by Crippen LogP contribution is -2.54. The summed E-state index contributed by atoms with van der Waals surface area (Å²) in [5.74, 6) is -0.890. The van der Waals surface area contributed by atoms with Crippen molar-refractivity contribution in [2.24, 2.45) is 0 Å². The fourth-order valence-electron chi connectivity index (χ4n) is 4.72. The SMILES string of the molecule is CC[C@H](C)NC(=O)[C@@H](Cc1ccccc1)N(Cc1cccc(Br)c1)C(=O)CN(c1cccc(Cl)c1)S(=O)(=O)c1ccc(Cl)cc1. The predicted octanol–water partition coefficient (Wildman–Crippen LogP) is 7.51. The van der Waals surface area contributed by atoms with E-state index in [9.17, 15) is 18.0 Å². The van der Waals surface area contributed by atoms with Crippen molar-refractivity contribution in [2.45, 2.75) is 50.2 Å². The first-order chi connectivity index (χ1) is 21.5. The van der Waals surface area contributed by atoms with Crippen molar-refractivity contribution in [3.63, 3.8) is 0 Å². The molecule has 0 saturated carbocycles. The zero-order valence-electron chi connectivity index (χ0n) is 24.9. The van der Waals surface area contributed by atoms with Gasteiger partial charge < -0.3 is 10.2 Å². The van der Waals surface area contributed by atoms with E-state index in [0.717, 1.165) is 19.9 Å². The van der Waals surface area contributed by atoms with Crippen molar-refractivity contribution in [1.29, 1.82) is 0 Å². The summed E-state index contributed by atoms with van der Waals surface area (Å²) < 4.78 is 30.0. The number of hydrogen-bond acceptors (Lipinski definition) is 4. The van der Waals surface area contributed by atoms with Crippen LogP contribution in [-0.4, -0.2) is 43.8 Å². The molecule has 7 nitrogen and oxygen atoms in total. The monoisotopic (exact) mass is 729 g/mol. The summed E-state index contributed by atoms with van der Waals surface area (Å²) in [7, 11) is -4.26. The minimum atomic E-state index is -4.26. The minimum Gasteiger partial charge on any atom is -0.352 e. The van der Waals surface area contributed by atoms with Crippen LogP contribution < -0.4 is 9.62 Å². The average Bonchev–Trinajstić information content (AvgIpc) is 3.02. The zero-order valence-corrected chi connectivity index (χ0v) is 28.8. The molecular weight excluding hydrogens is 697 g/mol. The number of carbonyl (C=O) groups is 2. The maximum absolute atomic E-state index is 14.5. The summed E-state index contributed by atoms with van der Waals surface area (Å²) in [5.41, 5.74) is 1.83. The Morgan fingerprint density at radius 1 is 0.844 bits per heavy atom. The number of hydrogen-bond donors (Lipinski definition) is 1. The third-order valence-electron chi connectivity index (χ3n) is 7.29. The average molecular weight is 732 g/mol. The molecule has 2 atom stereocenters. The molecule has 4 rings (SSSR count). The Morgan fingerprint density at radius 3 is 2.16 bits per heavy atom. The zero-order chi connectivity index (χ0) is 32.6. The molecule has 236 valence electrons. The van der Waals surface area contributed by atoms with Crippen LogP contribution in [0.15, 0.2) is 112 Å². The topological polar surface area (TPSA) is 86.8 Å². The Labute approximate surface area is 283 Å². The molecule has 11 heteroatoms. The molecule has 4 aromatic carbocycles. The van der Waals surface area contributed by atoms with Gasteiger partial charge in [-0.2, -0.15) is 0 Å². The van der Waals surface area contributed by atoms with E-state index in [1.165, 1.54) is 35.2 Å². The highest BCUT2D eigenvalue weighted by atomic mass is 79.9. The highest BCUT2D eigenvalue weighted by molar-refractivity contribution is 9.10. The maximum Gasteiger partial charge on any atom is 0.264 e. The summed E-state index contributed by atoms with van der Waals surface area (Å²) in [6, 6.07) is 27.8. The van der Waals surface area contributed by atoms with Crippen molar-refractivity contribution in [2.75, 3.05) is 10.8 Å². The van der Waals surface area contributed by atoms with Gasteiger partial charge in [0.15, 0.2) is 0 Å². The first kappa shape index (κ1) is 34.5. The van der Waals surface area contributed by atoms with Crippen LogP contribution in [0.4, 0.5) is 5.69 Å². The first-order valence-electron chi connectivity index (χ1n) is 14.4. The van der Waals surface area contributed by atoms with E-state index in [1.807, 2.05) is 68.4 Å². The van der Waals surface area contributed by atoms with Crippen molar-refractivity contribution in [1.82, 2.24) is 10.2 Å². The number of anilines is 1. The van der Waals surface area contributed by atoms with Crippen molar-refractivity contribution in [3.8, 4) is 0 Å². The second-order valence-corrected chi connectivity index (χ2v) is 14.3. The molecule has 0 aliphatic heterocycles. The van der Waals surface area contributed by atoms with Crippen molar-refractivity contribution in [3.05, 3.63) is 129 Å². The lowest BCUT2D eigenvalue weighted by Gasteiger charge is -2.34. The van der Waals surface area contributed by atoms with E-state index in [2.05, 4.69) is 21.2 Å². The summed E-state index contributed by atoms with van der Waals surface area (Å²) in [6.07, 6.45) is 0.926. The van der Waals surface area contributed by atoms with Gasteiger partial charge in [-0.15, -0.1) is 0 Å². The highest BCUT2D eigenvalue weighted by Crippen LogP contribution is 2.28. The van der Waals surface area contributed by atoms with E-state index >= 15 is 0 Å². The van der Waals surface area contributed by atoms with Crippen LogP contribution in [0.25, 0.3) is 0 Å². The second-order valence-electron chi connectivity index (χ2n) is 10.6. The number of amides is 2. The lowest BCUT2D eigenvalue weighted by atomic mass is 10.0. The van der Waals surface area contributed by atoms with Crippen molar-refractivity contribution < 1.29 is 18.0 Å². The minimum absolute atomic E-state index is 0.0476. The molecule has 0 fully saturated rings. The van der Waals surface area contributed by atoms with E-state index < -0.39 is 28.5 Å². The van der Waals surface area contributed by atoms with Gasteiger partial charge in [-0.05, 0) is 79.1 Å². The Morgan fingerprint density at radius 2 is 1.51 bits per heavy atom. The fraction of sp³-hybridized carbons (Fsp3) is 0.235. The van der Waals surface area contributed by atoms with Gasteiger partial charge >= 0.3 is 0 Å². The third-order valence-corrected chi connectivity index (χ3v) is 10.1. The van der Waals surface area contributed by atoms with Crippen molar-refractivity contribution >= 4 is 66.7 Å². The van der Waals surface area contributed by atoms with Gasteiger partial charge in [0.2, 0.25) is 11.8 Å². The Kier molecular flexibility index (Phi) is 12.1. The summed E-state index contributed by atoms with van der Waals surface area (Å²) >= 11 is 15.8. The standard InChI is InChI=1S/C34H34BrCl2N3O4S/c1-3-24(2)38-34(42)32(20-25-9-5-4-6-10-25)39(22-26-11-7-12-27(35)19-26)33(41)23-40(30-14-8-13-29(37)21-30)45(43,44)31-17-15-28(36)16-18-31/h4-19,21,24,32H,3,20,22-23H2,1-2H3,(H,38,42)/t24-,32+/m0/s1. The van der Waals surface area contributed by atoms with Crippen LogP contribution in [0.2, 0.25) is 10.0 Å². The molecule has 0 aliphatic rings. The molecule has 1 N–H and O–H groups in total. The molecule has 0 radical (unpaired) electrons. The molecular formula is C34H34BrCl2N3O4S. The van der Waals surface area contributed by atoms with Gasteiger partial charge in [0, 0.05) is 33.5 Å². The van der Waals surface area contributed by atoms with Gasteiger partial charge in [-0.25, -0.2) is 8.42 Å². The van der Waals surface area contributed by atoms with E-state index in [1.54, 1.807) is 18.2 Å². The van der Waals surface area contributed by atoms with Crippen LogP contribution in [0.5, 0.6) is 0 Å². The highest BCUT2D eigenvalue weighted by Gasteiger charge is 2.35. The Balaban J connectivity index is 1.81.